The van der Waals surface area contributed by atoms with E-state index in [0.29, 0.717) is 6.42 Å². The molecule has 2 aromatic rings. The Morgan fingerprint density at radius 3 is 2.45 bits per heavy atom. The van der Waals surface area contributed by atoms with Gasteiger partial charge in [-0.2, -0.15) is 0 Å². The Balaban J connectivity index is 0.00000300. The number of carbonyl (C=O) groups excluding carboxylic acids is 1. The van der Waals surface area contributed by atoms with Crippen LogP contribution in [0, 0.1) is 6.92 Å². The number of rotatable bonds is 7. The van der Waals surface area contributed by atoms with E-state index in [9.17, 15) is 4.79 Å². The lowest BCUT2D eigenvalue weighted by molar-refractivity contribution is -0.116. The third-order valence-corrected chi connectivity index (χ3v) is 5.92. The molecule has 0 aliphatic carbocycles. The van der Waals surface area contributed by atoms with Crippen LogP contribution in [0.25, 0.3) is 6.08 Å². The molecule has 0 radical (unpaired) electrons. The zero-order chi connectivity index (χ0) is 19.8. The normalized spacial score (nSPS) is 15.2. The lowest BCUT2D eigenvalue weighted by Gasteiger charge is -2.34. The molecule has 1 aliphatic heterocycles. The predicted octanol–water partition coefficient (Wildman–Crippen LogP) is 4.84. The van der Waals surface area contributed by atoms with Crippen LogP contribution in [0.4, 0.5) is 5.69 Å². The highest BCUT2D eigenvalue weighted by atomic mass is 79.9. The quantitative estimate of drug-likeness (QED) is 0.618. The number of benzene rings is 2. The van der Waals surface area contributed by atoms with E-state index in [4.69, 9.17) is 0 Å². The number of hydrogen-bond donors (Lipinski definition) is 1. The monoisotopic (exact) mass is 477 g/mol. The number of piperazine rings is 1. The topological polar surface area (TPSA) is 35.6 Å². The van der Waals surface area contributed by atoms with Gasteiger partial charge in [0.25, 0.3) is 0 Å². The molecule has 0 bridgehead atoms. The number of nitrogens with one attached hydrogen (secondary N) is 1. The SMILES string of the molecule is Cc1cc(NC(=O)CCN2CCN(C/C=C/c3ccccc3)CC2)ccc1Br.Cl. The highest BCUT2D eigenvalue weighted by molar-refractivity contribution is 9.10. The van der Waals surface area contributed by atoms with Gasteiger partial charge in [0.2, 0.25) is 5.91 Å². The molecule has 1 fully saturated rings. The molecule has 2 aromatic carbocycles. The van der Waals surface area contributed by atoms with Crippen LogP contribution in [0.15, 0.2) is 59.1 Å². The average molecular weight is 479 g/mol. The third kappa shape index (κ3) is 7.94. The summed E-state index contributed by atoms with van der Waals surface area (Å²) in [7, 11) is 0. The number of nitrogens with zero attached hydrogens (tertiary/aromatic N) is 2. The first-order valence-corrected chi connectivity index (χ1v) is 10.6. The summed E-state index contributed by atoms with van der Waals surface area (Å²) in [4.78, 5) is 17.1. The maximum atomic E-state index is 12.2. The van der Waals surface area contributed by atoms with Crippen molar-refractivity contribution >= 4 is 46.0 Å². The second-order valence-corrected chi connectivity index (χ2v) is 8.07. The van der Waals surface area contributed by atoms with Crippen molar-refractivity contribution in [3.05, 3.63) is 70.2 Å². The summed E-state index contributed by atoms with van der Waals surface area (Å²) in [5.74, 6) is 0.0787. The van der Waals surface area contributed by atoms with Gasteiger partial charge in [-0.25, -0.2) is 0 Å². The van der Waals surface area contributed by atoms with E-state index in [0.717, 1.165) is 55.0 Å². The van der Waals surface area contributed by atoms with Gasteiger partial charge in [0.1, 0.15) is 0 Å². The van der Waals surface area contributed by atoms with E-state index in [1.54, 1.807) is 0 Å². The Morgan fingerprint density at radius 1 is 1.07 bits per heavy atom. The van der Waals surface area contributed by atoms with Crippen LogP contribution in [-0.4, -0.2) is 55.0 Å². The van der Waals surface area contributed by atoms with E-state index in [-0.39, 0.29) is 18.3 Å². The molecule has 156 valence electrons. The molecule has 6 heteroatoms. The first-order chi connectivity index (χ1) is 13.6. The standard InChI is InChI=1S/C23H28BrN3O.ClH/c1-19-18-21(9-10-22(19)24)25-23(28)11-13-27-16-14-26(15-17-27)12-5-8-20-6-3-2-4-7-20;/h2-10,18H,11-17H2,1H3,(H,25,28);1H/b8-5+;. The molecule has 1 heterocycles. The van der Waals surface area contributed by atoms with Gasteiger partial charge in [-0.1, -0.05) is 58.4 Å². The number of halogens is 2. The number of anilines is 1. The smallest absolute Gasteiger partial charge is 0.225 e. The van der Waals surface area contributed by atoms with Crippen LogP contribution in [0.2, 0.25) is 0 Å². The fraction of sp³-hybridized carbons (Fsp3) is 0.348. The number of amides is 1. The minimum atomic E-state index is 0. The van der Waals surface area contributed by atoms with Crippen molar-refractivity contribution in [1.82, 2.24) is 9.80 Å². The molecule has 0 aromatic heterocycles. The van der Waals surface area contributed by atoms with Crippen molar-refractivity contribution < 1.29 is 4.79 Å². The van der Waals surface area contributed by atoms with E-state index < -0.39 is 0 Å². The zero-order valence-corrected chi connectivity index (χ0v) is 19.2. The molecule has 0 unspecified atom stereocenters. The molecule has 0 spiro atoms. The van der Waals surface area contributed by atoms with Crippen LogP contribution in [0.5, 0.6) is 0 Å². The molecule has 0 atom stereocenters. The summed E-state index contributed by atoms with van der Waals surface area (Å²) in [6, 6.07) is 16.3. The van der Waals surface area contributed by atoms with Crippen LogP contribution >= 0.6 is 28.3 Å². The third-order valence-electron chi connectivity index (χ3n) is 5.04. The Hall–Kier alpha value is -1.66. The largest absolute Gasteiger partial charge is 0.326 e. The predicted molar refractivity (Wildman–Crippen MR) is 128 cm³/mol. The summed E-state index contributed by atoms with van der Waals surface area (Å²) in [5, 5.41) is 3.00. The van der Waals surface area contributed by atoms with Crippen LogP contribution in [0.3, 0.4) is 0 Å². The Morgan fingerprint density at radius 2 is 1.76 bits per heavy atom. The first-order valence-electron chi connectivity index (χ1n) is 9.82. The molecular formula is C23H29BrClN3O. The van der Waals surface area contributed by atoms with E-state index in [1.165, 1.54) is 5.56 Å². The maximum absolute atomic E-state index is 12.2. The molecule has 1 amide bonds. The van der Waals surface area contributed by atoms with Crippen molar-refractivity contribution in [2.75, 3.05) is 44.6 Å². The fourth-order valence-electron chi connectivity index (χ4n) is 3.30. The molecule has 29 heavy (non-hydrogen) atoms. The van der Waals surface area contributed by atoms with Crippen LogP contribution in [-0.2, 0) is 4.79 Å². The van der Waals surface area contributed by atoms with Crippen LogP contribution in [0.1, 0.15) is 17.5 Å². The number of carbonyl (C=O) groups is 1. The lowest BCUT2D eigenvalue weighted by atomic mass is 10.2. The van der Waals surface area contributed by atoms with Gasteiger partial charge in [0, 0.05) is 55.8 Å². The number of hydrogen-bond acceptors (Lipinski definition) is 3. The molecule has 3 rings (SSSR count). The summed E-state index contributed by atoms with van der Waals surface area (Å²) >= 11 is 3.48. The van der Waals surface area contributed by atoms with Gasteiger partial charge >= 0.3 is 0 Å². The highest BCUT2D eigenvalue weighted by Gasteiger charge is 2.16. The van der Waals surface area contributed by atoms with Gasteiger partial charge in [0.05, 0.1) is 0 Å². The van der Waals surface area contributed by atoms with Crippen LogP contribution < -0.4 is 5.32 Å². The van der Waals surface area contributed by atoms with Gasteiger partial charge in [-0.15, -0.1) is 12.4 Å². The van der Waals surface area contributed by atoms with Gasteiger partial charge in [-0.3, -0.25) is 9.69 Å². The van der Waals surface area contributed by atoms with Crippen molar-refractivity contribution in [3.63, 3.8) is 0 Å². The Labute approximate surface area is 188 Å². The van der Waals surface area contributed by atoms with Crippen molar-refractivity contribution in [1.29, 1.82) is 0 Å². The Kier molecular flexibility index (Phi) is 9.88. The summed E-state index contributed by atoms with van der Waals surface area (Å²) in [6.07, 6.45) is 4.95. The van der Waals surface area contributed by atoms with E-state index in [2.05, 4.69) is 67.5 Å². The summed E-state index contributed by atoms with van der Waals surface area (Å²) < 4.78 is 1.06. The Bertz CT molecular complexity index is 805. The molecular weight excluding hydrogens is 450 g/mol. The summed E-state index contributed by atoms with van der Waals surface area (Å²) in [6.45, 7) is 7.95. The summed E-state index contributed by atoms with van der Waals surface area (Å²) in [5.41, 5.74) is 3.23. The average Bonchev–Trinajstić information content (AvgIpc) is 2.71. The highest BCUT2D eigenvalue weighted by Crippen LogP contribution is 2.20. The molecule has 1 saturated heterocycles. The van der Waals surface area contributed by atoms with Gasteiger partial charge in [0.15, 0.2) is 0 Å². The number of aryl methyl sites for hydroxylation is 1. The molecule has 0 saturated carbocycles. The molecule has 1 aliphatic rings. The molecule has 4 nitrogen and oxygen atoms in total. The van der Waals surface area contributed by atoms with E-state index in [1.807, 2.05) is 31.2 Å². The molecule has 1 N–H and O–H groups in total. The lowest BCUT2D eigenvalue weighted by Crippen LogP contribution is -2.46. The minimum Gasteiger partial charge on any atom is -0.326 e. The zero-order valence-electron chi connectivity index (χ0n) is 16.8. The first kappa shape index (κ1) is 23.6. The van der Waals surface area contributed by atoms with Gasteiger partial charge in [-0.05, 0) is 36.2 Å². The van der Waals surface area contributed by atoms with Crippen molar-refractivity contribution in [2.45, 2.75) is 13.3 Å². The second kappa shape index (κ2) is 12.1. The second-order valence-electron chi connectivity index (χ2n) is 7.22. The fourth-order valence-corrected chi connectivity index (χ4v) is 3.55. The van der Waals surface area contributed by atoms with Crippen molar-refractivity contribution in [2.24, 2.45) is 0 Å². The van der Waals surface area contributed by atoms with E-state index >= 15 is 0 Å². The van der Waals surface area contributed by atoms with Crippen molar-refractivity contribution in [3.8, 4) is 0 Å². The minimum absolute atomic E-state index is 0. The maximum Gasteiger partial charge on any atom is 0.225 e. The van der Waals surface area contributed by atoms with Gasteiger partial charge < -0.3 is 10.2 Å².